The number of aromatic nitrogens is 2. The fraction of sp³-hybridized carbons (Fsp3) is 0.333. The molecule has 0 radical (unpaired) electrons. The average Bonchev–Trinajstić information content (AvgIpc) is 2.96. The number of benzene rings is 1. The lowest BCUT2D eigenvalue weighted by atomic mass is 10.3. The number of H-pyrrole nitrogens is 1. The van der Waals surface area contributed by atoms with Crippen molar-refractivity contribution in [2.75, 3.05) is 25.2 Å². The maximum Gasteiger partial charge on any atom is 0.231 e. The van der Waals surface area contributed by atoms with Gasteiger partial charge in [0.1, 0.15) is 0 Å². The van der Waals surface area contributed by atoms with Gasteiger partial charge in [0.2, 0.25) is 18.6 Å². The van der Waals surface area contributed by atoms with Crippen molar-refractivity contribution in [1.29, 1.82) is 0 Å². The van der Waals surface area contributed by atoms with Gasteiger partial charge in [0, 0.05) is 32.1 Å². The smallest absolute Gasteiger partial charge is 0.231 e. The Hall–Kier alpha value is -2.44. The minimum Gasteiger partial charge on any atom is -0.454 e. The fourth-order valence-electron chi connectivity index (χ4n) is 1.90. The molecule has 100 valence electrons. The zero-order valence-electron chi connectivity index (χ0n) is 10.4. The van der Waals surface area contributed by atoms with Gasteiger partial charge in [-0.25, -0.2) is 4.98 Å². The van der Waals surface area contributed by atoms with Gasteiger partial charge < -0.3 is 25.1 Å². The minimum atomic E-state index is -0.0443. The number of imidazole rings is 1. The predicted molar refractivity (Wildman–Crippen MR) is 69.4 cm³/mol. The molecule has 2 aromatic rings. The molecule has 0 bridgehead atoms. The van der Waals surface area contributed by atoms with Crippen LogP contribution in [-0.4, -0.2) is 35.8 Å². The first-order chi connectivity index (χ1) is 9.22. The number of carbonyl (C=O) groups is 1. The Morgan fingerprint density at radius 3 is 2.95 bits per heavy atom. The number of rotatable bonds is 4. The number of ether oxygens (including phenoxy) is 2. The molecule has 0 unspecified atom stereocenters. The van der Waals surface area contributed by atoms with Gasteiger partial charge in [0.15, 0.2) is 11.5 Å². The van der Waals surface area contributed by atoms with E-state index >= 15 is 0 Å². The Balaban J connectivity index is 1.70. The normalized spacial score (nSPS) is 12.7. The molecule has 19 heavy (non-hydrogen) atoms. The molecule has 7 heteroatoms. The van der Waals surface area contributed by atoms with E-state index in [0.29, 0.717) is 24.8 Å². The zero-order valence-corrected chi connectivity index (χ0v) is 10.4. The second-order valence-electron chi connectivity index (χ2n) is 4.22. The monoisotopic (exact) mass is 262 g/mol. The van der Waals surface area contributed by atoms with Crippen molar-refractivity contribution in [3.8, 4) is 11.5 Å². The fourth-order valence-corrected chi connectivity index (χ4v) is 1.90. The highest BCUT2D eigenvalue weighted by molar-refractivity contribution is 5.82. The quantitative estimate of drug-likeness (QED) is 0.711. The van der Waals surface area contributed by atoms with Crippen molar-refractivity contribution >= 4 is 22.9 Å². The van der Waals surface area contributed by atoms with E-state index in [-0.39, 0.29) is 12.7 Å². The Kier molecular flexibility index (Phi) is 2.86. The number of anilines is 1. The van der Waals surface area contributed by atoms with E-state index in [9.17, 15) is 4.79 Å². The molecule has 2 heterocycles. The number of aromatic amines is 1. The highest BCUT2D eigenvalue weighted by Gasteiger charge is 2.15. The molecular formula is C12H14N4O3. The second kappa shape index (κ2) is 4.68. The van der Waals surface area contributed by atoms with Gasteiger partial charge in [0.25, 0.3) is 0 Å². The summed E-state index contributed by atoms with van der Waals surface area (Å²) in [6.45, 7) is 2.90. The van der Waals surface area contributed by atoms with Crippen LogP contribution in [0.3, 0.4) is 0 Å². The average molecular weight is 262 g/mol. The number of nitrogens with zero attached hydrogens (tertiary/aromatic N) is 1. The molecule has 0 spiro atoms. The predicted octanol–water partition coefficient (Wildman–Crippen LogP) is 0.840. The van der Waals surface area contributed by atoms with Crippen LogP contribution in [0.2, 0.25) is 0 Å². The molecule has 0 aliphatic carbocycles. The Labute approximate surface area is 109 Å². The van der Waals surface area contributed by atoms with Crippen LogP contribution in [0.4, 0.5) is 5.95 Å². The van der Waals surface area contributed by atoms with E-state index < -0.39 is 0 Å². The van der Waals surface area contributed by atoms with Crippen molar-refractivity contribution in [2.45, 2.75) is 6.92 Å². The molecule has 0 saturated heterocycles. The van der Waals surface area contributed by atoms with Crippen molar-refractivity contribution in [3.63, 3.8) is 0 Å². The number of fused-ring (bicyclic) bond motifs is 2. The maximum absolute atomic E-state index is 10.7. The number of nitrogens with one attached hydrogen (secondary N) is 3. The SMILES string of the molecule is CC(=O)NCCNc1nc2cc3c(cc2[nH]1)OCO3. The molecular weight excluding hydrogens is 248 g/mol. The lowest BCUT2D eigenvalue weighted by molar-refractivity contribution is -0.118. The van der Waals surface area contributed by atoms with Crippen LogP contribution in [0.5, 0.6) is 11.5 Å². The van der Waals surface area contributed by atoms with Crippen LogP contribution in [0.15, 0.2) is 12.1 Å². The van der Waals surface area contributed by atoms with Gasteiger partial charge in [-0.3, -0.25) is 4.79 Å². The Morgan fingerprint density at radius 2 is 2.16 bits per heavy atom. The molecule has 1 aromatic heterocycles. The van der Waals surface area contributed by atoms with Crippen molar-refractivity contribution in [2.24, 2.45) is 0 Å². The van der Waals surface area contributed by atoms with Crippen molar-refractivity contribution < 1.29 is 14.3 Å². The van der Waals surface area contributed by atoms with E-state index in [0.717, 1.165) is 16.8 Å². The van der Waals surface area contributed by atoms with Crippen molar-refractivity contribution in [1.82, 2.24) is 15.3 Å². The summed E-state index contributed by atoms with van der Waals surface area (Å²) in [4.78, 5) is 18.3. The topological polar surface area (TPSA) is 88.3 Å². The van der Waals surface area contributed by atoms with Gasteiger partial charge >= 0.3 is 0 Å². The summed E-state index contributed by atoms with van der Waals surface area (Å²) in [6.07, 6.45) is 0. The minimum absolute atomic E-state index is 0.0443. The lowest BCUT2D eigenvalue weighted by Gasteiger charge is -2.02. The molecule has 0 atom stereocenters. The van der Waals surface area contributed by atoms with Crippen LogP contribution >= 0.6 is 0 Å². The first kappa shape index (κ1) is 11.6. The van der Waals surface area contributed by atoms with Crippen LogP contribution in [0.1, 0.15) is 6.92 Å². The standard InChI is InChI=1S/C12H14N4O3/c1-7(17)13-2-3-14-12-15-8-4-10-11(19-6-18-10)5-9(8)16-12/h4-5H,2-3,6H2,1H3,(H,13,17)(H2,14,15,16). The maximum atomic E-state index is 10.7. The van der Waals surface area contributed by atoms with Gasteiger partial charge in [-0.15, -0.1) is 0 Å². The van der Waals surface area contributed by atoms with Crippen molar-refractivity contribution in [3.05, 3.63) is 12.1 Å². The summed E-state index contributed by atoms with van der Waals surface area (Å²) in [5.41, 5.74) is 1.69. The lowest BCUT2D eigenvalue weighted by Crippen LogP contribution is -2.26. The highest BCUT2D eigenvalue weighted by Crippen LogP contribution is 2.35. The van der Waals surface area contributed by atoms with E-state index in [4.69, 9.17) is 9.47 Å². The largest absolute Gasteiger partial charge is 0.454 e. The van der Waals surface area contributed by atoms with Gasteiger partial charge in [-0.2, -0.15) is 0 Å². The molecule has 1 aromatic carbocycles. The molecule has 7 nitrogen and oxygen atoms in total. The number of amides is 1. The highest BCUT2D eigenvalue weighted by atomic mass is 16.7. The molecule has 1 amide bonds. The molecule has 3 N–H and O–H groups in total. The van der Waals surface area contributed by atoms with Crippen LogP contribution in [0, 0.1) is 0 Å². The van der Waals surface area contributed by atoms with E-state index in [1.807, 2.05) is 12.1 Å². The van der Waals surface area contributed by atoms with Crippen LogP contribution in [-0.2, 0) is 4.79 Å². The second-order valence-corrected chi connectivity index (χ2v) is 4.22. The first-order valence-electron chi connectivity index (χ1n) is 6.00. The summed E-state index contributed by atoms with van der Waals surface area (Å²) in [7, 11) is 0. The van der Waals surface area contributed by atoms with Gasteiger partial charge in [-0.05, 0) is 0 Å². The third kappa shape index (κ3) is 2.40. The first-order valence-corrected chi connectivity index (χ1v) is 6.00. The summed E-state index contributed by atoms with van der Waals surface area (Å²) in [5.74, 6) is 2.05. The van der Waals surface area contributed by atoms with Crippen LogP contribution < -0.4 is 20.1 Å². The van der Waals surface area contributed by atoms with Gasteiger partial charge in [-0.1, -0.05) is 0 Å². The molecule has 1 aliphatic rings. The zero-order chi connectivity index (χ0) is 13.2. The third-order valence-corrected chi connectivity index (χ3v) is 2.77. The third-order valence-electron chi connectivity index (χ3n) is 2.77. The Bertz CT molecular complexity index is 582. The van der Waals surface area contributed by atoms with E-state index in [2.05, 4.69) is 20.6 Å². The number of carbonyl (C=O) groups excluding carboxylic acids is 1. The Morgan fingerprint density at radius 1 is 1.37 bits per heavy atom. The molecule has 1 aliphatic heterocycles. The number of hydrogen-bond acceptors (Lipinski definition) is 5. The summed E-state index contributed by atoms with van der Waals surface area (Å²) in [6, 6.07) is 3.71. The summed E-state index contributed by atoms with van der Waals surface area (Å²) in [5, 5.41) is 5.80. The van der Waals surface area contributed by atoms with E-state index in [1.54, 1.807) is 0 Å². The van der Waals surface area contributed by atoms with Gasteiger partial charge in [0.05, 0.1) is 11.0 Å². The molecule has 3 rings (SSSR count). The molecule has 0 fully saturated rings. The summed E-state index contributed by atoms with van der Waals surface area (Å²) < 4.78 is 10.6. The van der Waals surface area contributed by atoms with E-state index in [1.165, 1.54) is 6.92 Å². The number of hydrogen-bond donors (Lipinski definition) is 3. The van der Waals surface area contributed by atoms with Crippen LogP contribution in [0.25, 0.3) is 11.0 Å². The molecule has 0 saturated carbocycles. The summed E-state index contributed by atoms with van der Waals surface area (Å²) >= 11 is 0.